The van der Waals surface area contributed by atoms with Crippen LogP contribution in [0.1, 0.15) is 18.0 Å². The minimum atomic E-state index is -0.222. The molecule has 0 amide bonds. The molecule has 0 saturated carbocycles. The van der Waals surface area contributed by atoms with Gasteiger partial charge in [-0.2, -0.15) is 0 Å². The quantitative estimate of drug-likeness (QED) is 0.895. The van der Waals surface area contributed by atoms with E-state index in [0.29, 0.717) is 6.04 Å². The molecule has 118 valence electrons. The van der Waals surface area contributed by atoms with Gasteiger partial charge in [-0.05, 0) is 45.8 Å². The number of ether oxygens (including phenoxy) is 1. The van der Waals surface area contributed by atoms with Crippen molar-refractivity contribution in [2.75, 3.05) is 47.9 Å². The largest absolute Gasteiger partial charge is 0.496 e. The highest BCUT2D eigenvalue weighted by molar-refractivity contribution is 5.36. The summed E-state index contributed by atoms with van der Waals surface area (Å²) < 4.78 is 19.0. The Morgan fingerprint density at radius 3 is 2.81 bits per heavy atom. The van der Waals surface area contributed by atoms with Gasteiger partial charge in [0.15, 0.2) is 0 Å². The summed E-state index contributed by atoms with van der Waals surface area (Å²) in [5.74, 6) is 0.516. The van der Waals surface area contributed by atoms with E-state index in [1.54, 1.807) is 19.2 Å². The first-order valence-electron chi connectivity index (χ1n) is 7.44. The third kappa shape index (κ3) is 3.93. The van der Waals surface area contributed by atoms with Crippen molar-refractivity contribution in [2.45, 2.75) is 18.5 Å². The third-order valence-electron chi connectivity index (χ3n) is 4.40. The average molecular weight is 295 g/mol. The maximum atomic E-state index is 13.6. The van der Waals surface area contributed by atoms with Crippen LogP contribution >= 0.6 is 0 Å². The van der Waals surface area contributed by atoms with Crippen LogP contribution in [0.2, 0.25) is 0 Å². The zero-order chi connectivity index (χ0) is 15.4. The lowest BCUT2D eigenvalue weighted by atomic mass is 9.96. The summed E-state index contributed by atoms with van der Waals surface area (Å²) in [4.78, 5) is 4.73. The number of benzene rings is 1. The van der Waals surface area contributed by atoms with E-state index in [-0.39, 0.29) is 11.9 Å². The highest BCUT2D eigenvalue weighted by Crippen LogP contribution is 2.30. The van der Waals surface area contributed by atoms with E-state index in [0.717, 1.165) is 37.4 Å². The van der Waals surface area contributed by atoms with Gasteiger partial charge in [-0.25, -0.2) is 4.39 Å². The van der Waals surface area contributed by atoms with Gasteiger partial charge in [0.2, 0.25) is 0 Å². The fraction of sp³-hybridized carbons (Fsp3) is 0.625. The van der Waals surface area contributed by atoms with Gasteiger partial charge in [0.1, 0.15) is 11.6 Å². The Bertz CT molecular complexity index is 469. The van der Waals surface area contributed by atoms with Gasteiger partial charge >= 0.3 is 0 Å². The molecule has 1 heterocycles. The molecule has 1 aromatic carbocycles. The summed E-state index contributed by atoms with van der Waals surface area (Å²) in [7, 11) is 7.86. The SMILES string of the molecule is CNC(CC1CN(C)CCN1C)c1cc(F)ccc1OC. The van der Waals surface area contributed by atoms with Crippen molar-refractivity contribution in [1.29, 1.82) is 0 Å². The van der Waals surface area contributed by atoms with Crippen LogP contribution in [0, 0.1) is 5.82 Å². The van der Waals surface area contributed by atoms with Gasteiger partial charge in [-0.15, -0.1) is 0 Å². The van der Waals surface area contributed by atoms with E-state index >= 15 is 0 Å². The predicted octanol–water partition coefficient (Wildman–Crippen LogP) is 1.73. The molecular weight excluding hydrogens is 269 g/mol. The molecule has 1 fully saturated rings. The number of hydrogen-bond acceptors (Lipinski definition) is 4. The first-order valence-corrected chi connectivity index (χ1v) is 7.44. The predicted molar refractivity (Wildman–Crippen MR) is 83.3 cm³/mol. The fourth-order valence-electron chi connectivity index (χ4n) is 3.01. The number of nitrogens with one attached hydrogen (secondary N) is 1. The first-order chi connectivity index (χ1) is 10.0. The summed E-state index contributed by atoms with van der Waals surface area (Å²) in [6, 6.07) is 5.25. The maximum absolute atomic E-state index is 13.6. The molecule has 1 saturated heterocycles. The lowest BCUT2D eigenvalue weighted by Crippen LogP contribution is -2.50. The number of rotatable bonds is 5. The van der Waals surface area contributed by atoms with Crippen LogP contribution in [0.25, 0.3) is 0 Å². The molecule has 5 heteroatoms. The van der Waals surface area contributed by atoms with Crippen molar-refractivity contribution in [1.82, 2.24) is 15.1 Å². The van der Waals surface area contributed by atoms with Crippen molar-refractivity contribution in [3.8, 4) is 5.75 Å². The number of hydrogen-bond donors (Lipinski definition) is 1. The second kappa shape index (κ2) is 7.20. The van der Waals surface area contributed by atoms with Crippen molar-refractivity contribution in [2.24, 2.45) is 0 Å². The molecule has 2 atom stereocenters. The Morgan fingerprint density at radius 1 is 1.38 bits per heavy atom. The highest BCUT2D eigenvalue weighted by atomic mass is 19.1. The molecule has 2 unspecified atom stereocenters. The number of nitrogens with zero attached hydrogens (tertiary/aromatic N) is 2. The summed E-state index contributed by atoms with van der Waals surface area (Å²) in [6.45, 7) is 3.20. The Morgan fingerprint density at radius 2 is 2.14 bits per heavy atom. The van der Waals surface area contributed by atoms with Crippen molar-refractivity contribution < 1.29 is 9.13 Å². The van der Waals surface area contributed by atoms with Crippen LogP contribution in [-0.2, 0) is 0 Å². The second-order valence-corrected chi connectivity index (χ2v) is 5.86. The molecule has 0 spiro atoms. The first kappa shape index (κ1) is 16.2. The molecule has 0 radical (unpaired) electrons. The smallest absolute Gasteiger partial charge is 0.123 e. The Kier molecular flexibility index (Phi) is 5.56. The fourth-order valence-corrected chi connectivity index (χ4v) is 3.01. The number of piperazine rings is 1. The topological polar surface area (TPSA) is 27.7 Å². The zero-order valence-electron chi connectivity index (χ0n) is 13.4. The summed E-state index contributed by atoms with van der Waals surface area (Å²) >= 11 is 0. The van der Waals surface area contributed by atoms with Crippen LogP contribution < -0.4 is 10.1 Å². The molecule has 2 rings (SSSR count). The van der Waals surface area contributed by atoms with Gasteiger partial charge in [-0.3, -0.25) is 0 Å². The molecule has 1 aromatic rings. The van der Waals surface area contributed by atoms with Crippen LogP contribution in [-0.4, -0.2) is 63.7 Å². The van der Waals surface area contributed by atoms with Gasteiger partial charge in [0.25, 0.3) is 0 Å². The molecule has 0 aromatic heterocycles. The van der Waals surface area contributed by atoms with Gasteiger partial charge in [-0.1, -0.05) is 0 Å². The monoisotopic (exact) mass is 295 g/mol. The van der Waals surface area contributed by atoms with Crippen LogP contribution in [0.5, 0.6) is 5.75 Å². The van der Waals surface area contributed by atoms with E-state index in [9.17, 15) is 4.39 Å². The zero-order valence-corrected chi connectivity index (χ0v) is 13.4. The van der Waals surface area contributed by atoms with Gasteiger partial charge < -0.3 is 19.9 Å². The van der Waals surface area contributed by atoms with E-state index in [1.165, 1.54) is 6.07 Å². The van der Waals surface area contributed by atoms with Crippen LogP contribution in [0.3, 0.4) is 0 Å². The molecule has 1 aliphatic heterocycles. The average Bonchev–Trinajstić information content (AvgIpc) is 2.48. The Labute approximate surface area is 126 Å². The summed E-state index contributed by atoms with van der Waals surface area (Å²) in [5.41, 5.74) is 0.890. The lowest BCUT2D eigenvalue weighted by molar-refractivity contribution is 0.101. The minimum Gasteiger partial charge on any atom is -0.496 e. The van der Waals surface area contributed by atoms with E-state index in [1.807, 2.05) is 7.05 Å². The molecule has 0 bridgehead atoms. The lowest BCUT2D eigenvalue weighted by Gasteiger charge is -2.39. The van der Waals surface area contributed by atoms with Crippen molar-refractivity contribution >= 4 is 0 Å². The van der Waals surface area contributed by atoms with Crippen LogP contribution in [0.15, 0.2) is 18.2 Å². The molecular formula is C16H26FN3O. The van der Waals surface area contributed by atoms with E-state index in [2.05, 4.69) is 29.2 Å². The third-order valence-corrected chi connectivity index (χ3v) is 4.40. The molecule has 4 nitrogen and oxygen atoms in total. The van der Waals surface area contributed by atoms with Crippen LogP contribution in [0.4, 0.5) is 4.39 Å². The number of methoxy groups -OCH3 is 1. The molecule has 0 aliphatic carbocycles. The summed E-state index contributed by atoms with van der Waals surface area (Å²) in [6.07, 6.45) is 0.928. The number of halogens is 1. The molecule has 1 aliphatic rings. The molecule has 1 N–H and O–H groups in total. The van der Waals surface area contributed by atoms with Crippen molar-refractivity contribution in [3.63, 3.8) is 0 Å². The normalized spacial score (nSPS) is 22.2. The minimum absolute atomic E-state index is 0.0783. The Hall–Kier alpha value is -1.17. The highest BCUT2D eigenvalue weighted by Gasteiger charge is 2.26. The van der Waals surface area contributed by atoms with Gasteiger partial charge in [0, 0.05) is 37.3 Å². The summed E-state index contributed by atoms with van der Waals surface area (Å²) in [5, 5.41) is 3.31. The van der Waals surface area contributed by atoms with Crippen molar-refractivity contribution in [3.05, 3.63) is 29.6 Å². The Balaban J connectivity index is 2.17. The molecule has 21 heavy (non-hydrogen) atoms. The van der Waals surface area contributed by atoms with Gasteiger partial charge in [0.05, 0.1) is 7.11 Å². The maximum Gasteiger partial charge on any atom is 0.123 e. The number of likely N-dealkylation sites (N-methyl/N-ethyl adjacent to an activating group) is 2. The second-order valence-electron chi connectivity index (χ2n) is 5.86. The van der Waals surface area contributed by atoms with E-state index < -0.39 is 0 Å². The van der Waals surface area contributed by atoms with E-state index in [4.69, 9.17) is 4.74 Å². The standard InChI is InChI=1S/C16H26FN3O/c1-18-15(10-13-11-19(2)7-8-20(13)3)14-9-12(17)5-6-16(14)21-4/h5-6,9,13,15,18H,7-8,10-11H2,1-4H3.